The summed E-state index contributed by atoms with van der Waals surface area (Å²) in [5, 5.41) is 0. The summed E-state index contributed by atoms with van der Waals surface area (Å²) in [5.74, 6) is 2.65. The summed E-state index contributed by atoms with van der Waals surface area (Å²) >= 11 is 3.22. The zero-order chi connectivity index (χ0) is 9.05. The van der Waals surface area contributed by atoms with Crippen LogP contribution in [-0.4, -0.2) is 4.69 Å². The zero-order valence-corrected chi connectivity index (χ0v) is 9.35. The first-order chi connectivity index (χ1) is 6.18. The molecule has 0 aromatic carbocycles. The van der Waals surface area contributed by atoms with Crippen LogP contribution in [0.1, 0.15) is 38.5 Å². The molecule has 0 radical (unpaired) electrons. The van der Waals surface area contributed by atoms with Crippen LogP contribution in [0.25, 0.3) is 0 Å². The van der Waals surface area contributed by atoms with Crippen molar-refractivity contribution in [3.63, 3.8) is 0 Å². The Labute approximate surface area is 87.4 Å². The van der Waals surface area contributed by atoms with Gasteiger partial charge in [-0.1, -0.05) is 0 Å². The van der Waals surface area contributed by atoms with Gasteiger partial charge < -0.3 is 0 Å². The molecule has 4 aliphatic carbocycles. The molecule has 0 aromatic heterocycles. The second kappa shape index (κ2) is 2.59. The van der Waals surface area contributed by atoms with E-state index in [4.69, 9.17) is 0 Å². The van der Waals surface area contributed by atoms with E-state index in [1.54, 1.807) is 0 Å². The van der Waals surface area contributed by atoms with Crippen LogP contribution >= 0.6 is 15.9 Å². The third kappa shape index (κ3) is 1.14. The van der Waals surface area contributed by atoms with Crippen molar-refractivity contribution in [3.05, 3.63) is 0 Å². The molecule has 13 heavy (non-hydrogen) atoms. The Bertz CT molecular complexity index is 224. The maximum absolute atomic E-state index is 11.6. The third-order valence-corrected chi connectivity index (χ3v) is 5.30. The molecule has 4 fully saturated rings. The molecule has 4 bridgehead atoms. The predicted octanol–water partition coefficient (Wildman–Crippen LogP) is 3.12. The SMILES string of the molecule is O=C(Br)C12CC3CC(CC(C3)C1)C2. The minimum atomic E-state index is 0.0781. The molecular weight excluding hydrogens is 228 g/mol. The van der Waals surface area contributed by atoms with Crippen molar-refractivity contribution in [2.24, 2.45) is 23.2 Å². The number of hydrogen-bond donors (Lipinski definition) is 0. The Kier molecular flexibility index (Phi) is 1.69. The number of carbonyl (C=O) groups is 1. The lowest BCUT2D eigenvalue weighted by atomic mass is 9.50. The van der Waals surface area contributed by atoms with Crippen molar-refractivity contribution in [2.75, 3.05) is 0 Å². The normalized spacial score (nSPS) is 52.5. The lowest BCUT2D eigenvalue weighted by Gasteiger charge is -2.55. The van der Waals surface area contributed by atoms with E-state index in [1.165, 1.54) is 38.5 Å². The molecule has 72 valence electrons. The summed E-state index contributed by atoms with van der Waals surface area (Å²) in [6.45, 7) is 0. The number of carbonyl (C=O) groups excluding carboxylic acids is 1. The lowest BCUT2D eigenvalue weighted by Crippen LogP contribution is -2.48. The minimum Gasteiger partial charge on any atom is -0.286 e. The molecule has 0 amide bonds. The van der Waals surface area contributed by atoms with Gasteiger partial charge in [0.15, 0.2) is 0 Å². The van der Waals surface area contributed by atoms with E-state index in [9.17, 15) is 4.79 Å². The molecular formula is C11H15BrO. The van der Waals surface area contributed by atoms with Crippen LogP contribution in [0.2, 0.25) is 0 Å². The molecule has 4 rings (SSSR count). The highest BCUT2D eigenvalue weighted by Gasteiger charge is 2.53. The van der Waals surface area contributed by atoms with E-state index in [-0.39, 0.29) is 5.41 Å². The van der Waals surface area contributed by atoms with Gasteiger partial charge in [-0.15, -0.1) is 0 Å². The van der Waals surface area contributed by atoms with E-state index in [0.29, 0.717) is 4.69 Å². The molecule has 0 aliphatic heterocycles. The largest absolute Gasteiger partial charge is 0.286 e. The summed E-state index contributed by atoms with van der Waals surface area (Å²) in [6.07, 6.45) is 7.80. The Balaban J connectivity index is 1.95. The van der Waals surface area contributed by atoms with Crippen molar-refractivity contribution in [2.45, 2.75) is 38.5 Å². The van der Waals surface area contributed by atoms with Crippen molar-refractivity contribution >= 4 is 20.6 Å². The summed E-state index contributed by atoms with van der Waals surface area (Å²) in [4.78, 5) is 11.6. The molecule has 0 heterocycles. The predicted molar refractivity (Wildman–Crippen MR) is 54.5 cm³/mol. The van der Waals surface area contributed by atoms with Crippen LogP contribution < -0.4 is 0 Å². The highest BCUT2D eigenvalue weighted by atomic mass is 79.9. The van der Waals surface area contributed by atoms with E-state index >= 15 is 0 Å². The Hall–Kier alpha value is 0.150. The molecule has 0 saturated heterocycles. The molecule has 0 atom stereocenters. The van der Waals surface area contributed by atoms with Gasteiger partial charge in [-0.25, -0.2) is 0 Å². The van der Waals surface area contributed by atoms with Gasteiger partial charge in [-0.05, 0) is 72.2 Å². The Morgan fingerprint density at radius 2 is 1.38 bits per heavy atom. The van der Waals surface area contributed by atoms with Gasteiger partial charge >= 0.3 is 0 Å². The molecule has 4 aliphatic rings. The standard InChI is InChI=1S/C11H15BrO/c12-10(13)11-4-7-1-8(5-11)3-9(2-7)6-11/h7-9H,1-6H2. The number of halogens is 1. The Morgan fingerprint density at radius 3 is 1.69 bits per heavy atom. The van der Waals surface area contributed by atoms with Gasteiger partial charge in [-0.3, -0.25) is 4.79 Å². The van der Waals surface area contributed by atoms with E-state index in [2.05, 4.69) is 15.9 Å². The first kappa shape index (κ1) is 8.46. The minimum absolute atomic E-state index is 0.0781. The van der Waals surface area contributed by atoms with Gasteiger partial charge in [0.2, 0.25) is 4.69 Å². The second-order valence-corrected chi connectivity index (χ2v) is 6.19. The van der Waals surface area contributed by atoms with E-state index in [0.717, 1.165) is 17.8 Å². The topological polar surface area (TPSA) is 17.1 Å². The van der Waals surface area contributed by atoms with Crippen molar-refractivity contribution in [1.29, 1.82) is 0 Å². The van der Waals surface area contributed by atoms with Crippen molar-refractivity contribution in [1.82, 2.24) is 0 Å². The first-order valence-corrected chi connectivity index (χ1v) is 6.17. The quantitative estimate of drug-likeness (QED) is 0.646. The maximum atomic E-state index is 11.6. The molecule has 0 spiro atoms. The number of hydrogen-bond acceptors (Lipinski definition) is 1. The fraction of sp³-hybridized carbons (Fsp3) is 0.909. The van der Waals surface area contributed by atoms with Gasteiger partial charge in [0.05, 0.1) is 0 Å². The van der Waals surface area contributed by atoms with Gasteiger partial charge in [0.1, 0.15) is 0 Å². The molecule has 2 heteroatoms. The summed E-state index contributed by atoms with van der Waals surface area (Å²) in [6, 6.07) is 0. The monoisotopic (exact) mass is 242 g/mol. The summed E-state index contributed by atoms with van der Waals surface area (Å²) in [5.41, 5.74) is 0.0781. The lowest BCUT2D eigenvalue weighted by molar-refractivity contribution is -0.133. The van der Waals surface area contributed by atoms with Gasteiger partial charge in [0.25, 0.3) is 0 Å². The highest BCUT2D eigenvalue weighted by molar-refractivity contribution is 9.18. The van der Waals surface area contributed by atoms with E-state index in [1.807, 2.05) is 0 Å². The first-order valence-electron chi connectivity index (χ1n) is 5.38. The van der Waals surface area contributed by atoms with Crippen LogP contribution in [0.3, 0.4) is 0 Å². The third-order valence-electron chi connectivity index (χ3n) is 4.46. The van der Waals surface area contributed by atoms with Crippen LogP contribution in [0, 0.1) is 23.2 Å². The molecule has 0 N–H and O–H groups in total. The zero-order valence-electron chi connectivity index (χ0n) is 7.76. The average molecular weight is 243 g/mol. The molecule has 1 nitrogen and oxygen atoms in total. The molecule has 0 unspecified atom stereocenters. The van der Waals surface area contributed by atoms with Crippen LogP contribution in [0.5, 0.6) is 0 Å². The van der Waals surface area contributed by atoms with Crippen LogP contribution in [-0.2, 0) is 4.79 Å². The molecule has 0 aromatic rings. The maximum Gasteiger partial charge on any atom is 0.203 e. The van der Waals surface area contributed by atoms with Crippen molar-refractivity contribution < 1.29 is 4.79 Å². The molecule has 4 saturated carbocycles. The van der Waals surface area contributed by atoms with Crippen LogP contribution in [0.4, 0.5) is 0 Å². The fourth-order valence-electron chi connectivity index (χ4n) is 4.35. The average Bonchev–Trinajstić information content (AvgIpc) is 2.00. The second-order valence-electron chi connectivity index (χ2n) is 5.47. The number of rotatable bonds is 1. The fourth-order valence-corrected chi connectivity index (χ4v) is 4.84. The highest BCUT2D eigenvalue weighted by Crippen LogP contribution is 2.60. The van der Waals surface area contributed by atoms with Crippen molar-refractivity contribution in [3.8, 4) is 0 Å². The van der Waals surface area contributed by atoms with Gasteiger partial charge in [0, 0.05) is 5.41 Å². The summed E-state index contributed by atoms with van der Waals surface area (Å²) < 4.78 is 0.305. The smallest absolute Gasteiger partial charge is 0.203 e. The Morgan fingerprint density at radius 1 is 1.00 bits per heavy atom. The summed E-state index contributed by atoms with van der Waals surface area (Å²) in [7, 11) is 0. The van der Waals surface area contributed by atoms with E-state index < -0.39 is 0 Å². The van der Waals surface area contributed by atoms with Gasteiger partial charge in [-0.2, -0.15) is 0 Å². The van der Waals surface area contributed by atoms with Crippen LogP contribution in [0.15, 0.2) is 0 Å².